The molecule has 12 nitrogen and oxygen atoms in total. The van der Waals surface area contributed by atoms with Gasteiger partial charge in [-0.05, 0) is 17.5 Å². The maximum absolute atomic E-state index is 13.0. The second-order valence-electron chi connectivity index (χ2n) is 8.78. The average Bonchev–Trinajstić information content (AvgIpc) is 3.26. The molecule has 0 radical (unpaired) electrons. The van der Waals surface area contributed by atoms with Crippen LogP contribution >= 0.6 is 12.6 Å². The summed E-state index contributed by atoms with van der Waals surface area (Å²) < 4.78 is 0. The van der Waals surface area contributed by atoms with E-state index in [1.54, 1.807) is 20.0 Å². The summed E-state index contributed by atoms with van der Waals surface area (Å²) in [6.07, 6.45) is 1.55. The van der Waals surface area contributed by atoms with E-state index in [-0.39, 0.29) is 18.1 Å². The minimum absolute atomic E-state index is 0.00530. The molecule has 0 saturated carbocycles. The fraction of sp³-hybridized carbons (Fsp3) is 0.458. The van der Waals surface area contributed by atoms with Crippen LogP contribution in [-0.2, 0) is 30.4 Å². The van der Waals surface area contributed by atoms with Crippen molar-refractivity contribution in [3.63, 3.8) is 0 Å². The number of aliphatic carboxylic acids is 2. The number of hydrogen-bond donors (Lipinski definition) is 8. The van der Waals surface area contributed by atoms with E-state index in [0.717, 1.165) is 10.9 Å². The van der Waals surface area contributed by atoms with Crippen LogP contribution in [0.1, 0.15) is 32.3 Å². The Balaban J connectivity index is 2.11. The van der Waals surface area contributed by atoms with E-state index in [1.807, 2.05) is 24.3 Å². The van der Waals surface area contributed by atoms with Crippen LogP contribution in [0.2, 0.25) is 0 Å². The van der Waals surface area contributed by atoms with Gasteiger partial charge in [0, 0.05) is 29.3 Å². The zero-order chi connectivity index (χ0) is 27.7. The Hall–Kier alpha value is -3.58. The minimum atomic E-state index is -1.36. The SMILES string of the molecule is CCC(C)C(NC(=O)C(N)CC(=O)O)C(=O)NC(CS)C(=O)NC(Cc1c[nH]c2ccccc12)C(=O)O. The van der Waals surface area contributed by atoms with Gasteiger partial charge in [-0.3, -0.25) is 19.2 Å². The third-order valence-corrected chi connectivity index (χ3v) is 6.42. The number of thiol groups is 1. The van der Waals surface area contributed by atoms with E-state index in [0.29, 0.717) is 12.0 Å². The van der Waals surface area contributed by atoms with E-state index < -0.39 is 60.2 Å². The summed E-state index contributed by atoms with van der Waals surface area (Å²) in [6, 6.07) is 2.41. The molecule has 5 unspecified atom stereocenters. The van der Waals surface area contributed by atoms with Crippen molar-refractivity contribution < 1.29 is 34.2 Å². The number of rotatable bonds is 14. The number of aromatic amines is 1. The van der Waals surface area contributed by atoms with Crippen LogP contribution in [0.25, 0.3) is 10.9 Å². The second kappa shape index (κ2) is 13.7. The molecule has 0 bridgehead atoms. The molecule has 13 heteroatoms. The topological polar surface area (TPSA) is 204 Å². The monoisotopic (exact) mass is 535 g/mol. The number of fused-ring (bicyclic) bond motifs is 1. The zero-order valence-corrected chi connectivity index (χ0v) is 21.5. The number of carbonyl (C=O) groups excluding carboxylic acids is 3. The number of amides is 3. The zero-order valence-electron chi connectivity index (χ0n) is 20.6. The number of para-hydroxylation sites is 1. The third-order valence-electron chi connectivity index (χ3n) is 6.05. The van der Waals surface area contributed by atoms with Gasteiger partial charge in [-0.25, -0.2) is 4.79 Å². The number of carboxylic acids is 2. The van der Waals surface area contributed by atoms with Crippen LogP contribution in [0.5, 0.6) is 0 Å². The summed E-state index contributed by atoms with van der Waals surface area (Å²) in [5, 5.41) is 26.8. The van der Waals surface area contributed by atoms with Crippen molar-refractivity contribution in [1.29, 1.82) is 0 Å². The van der Waals surface area contributed by atoms with Gasteiger partial charge in [0.25, 0.3) is 0 Å². The van der Waals surface area contributed by atoms with Crippen molar-refractivity contribution in [2.24, 2.45) is 11.7 Å². The maximum Gasteiger partial charge on any atom is 0.326 e. The van der Waals surface area contributed by atoms with E-state index >= 15 is 0 Å². The lowest BCUT2D eigenvalue weighted by Crippen LogP contribution is -2.59. The van der Waals surface area contributed by atoms with Gasteiger partial charge in [0.2, 0.25) is 17.7 Å². The molecule has 2 aromatic rings. The maximum atomic E-state index is 13.0. The fourth-order valence-electron chi connectivity index (χ4n) is 3.69. The predicted octanol–water partition coefficient (Wildman–Crippen LogP) is 0.0273. The molecule has 8 N–H and O–H groups in total. The summed E-state index contributed by atoms with van der Waals surface area (Å²) in [5.74, 6) is -5.32. The molecule has 1 aromatic carbocycles. The Morgan fingerprint density at radius 1 is 1.00 bits per heavy atom. The predicted molar refractivity (Wildman–Crippen MR) is 139 cm³/mol. The summed E-state index contributed by atoms with van der Waals surface area (Å²) >= 11 is 4.12. The standard InChI is InChI=1S/C24H33N5O7S/c1-3-12(2)20(29-21(32)15(25)9-19(30)31)23(34)28-18(11-37)22(33)27-17(24(35)36)8-13-10-26-16-7-5-4-6-14(13)16/h4-7,10,12,15,17-18,20,26,37H,3,8-9,11,25H2,1-2H3,(H,27,33)(H,28,34)(H,29,32)(H,30,31)(H,35,36). The summed E-state index contributed by atoms with van der Waals surface area (Å²) in [4.78, 5) is 64.0. The van der Waals surface area contributed by atoms with Gasteiger partial charge >= 0.3 is 11.9 Å². The summed E-state index contributed by atoms with van der Waals surface area (Å²) in [5.41, 5.74) is 7.13. The van der Waals surface area contributed by atoms with Crippen LogP contribution in [-0.4, -0.2) is 74.8 Å². The highest BCUT2D eigenvalue weighted by Crippen LogP contribution is 2.19. The largest absolute Gasteiger partial charge is 0.481 e. The number of aromatic nitrogens is 1. The highest BCUT2D eigenvalue weighted by atomic mass is 32.1. The minimum Gasteiger partial charge on any atom is -0.481 e. The first-order valence-corrected chi connectivity index (χ1v) is 12.4. The highest BCUT2D eigenvalue weighted by molar-refractivity contribution is 7.80. The molecule has 202 valence electrons. The van der Waals surface area contributed by atoms with E-state index in [9.17, 15) is 29.1 Å². The first kappa shape index (κ1) is 29.6. The lowest BCUT2D eigenvalue weighted by Gasteiger charge is -2.27. The molecule has 1 heterocycles. The number of carboxylic acid groups (broad SMARTS) is 2. The Morgan fingerprint density at radius 3 is 2.24 bits per heavy atom. The lowest BCUT2D eigenvalue weighted by atomic mass is 9.97. The van der Waals surface area contributed by atoms with Crippen molar-refractivity contribution in [2.75, 3.05) is 5.75 Å². The molecule has 5 atom stereocenters. The van der Waals surface area contributed by atoms with Gasteiger partial charge in [0.1, 0.15) is 18.1 Å². The fourth-order valence-corrected chi connectivity index (χ4v) is 3.95. The Bertz CT molecular complexity index is 1140. The molecule has 3 amide bonds. The highest BCUT2D eigenvalue weighted by Gasteiger charge is 2.32. The van der Waals surface area contributed by atoms with E-state index in [4.69, 9.17) is 10.8 Å². The number of carbonyl (C=O) groups is 5. The molecule has 0 aliphatic rings. The molecule has 0 fully saturated rings. The Kier molecular flexibility index (Phi) is 10.9. The smallest absolute Gasteiger partial charge is 0.326 e. The molecular weight excluding hydrogens is 502 g/mol. The molecule has 2 rings (SSSR count). The van der Waals surface area contributed by atoms with Crippen LogP contribution in [0.3, 0.4) is 0 Å². The molecule has 1 aromatic heterocycles. The quantitative estimate of drug-likeness (QED) is 0.155. The van der Waals surface area contributed by atoms with Crippen LogP contribution in [0, 0.1) is 5.92 Å². The van der Waals surface area contributed by atoms with Crippen LogP contribution in [0.4, 0.5) is 0 Å². The summed E-state index contributed by atoms with van der Waals surface area (Å²) in [6.45, 7) is 3.49. The van der Waals surface area contributed by atoms with Gasteiger partial charge in [-0.2, -0.15) is 12.6 Å². The number of nitrogens with one attached hydrogen (secondary N) is 4. The molecular formula is C24H33N5O7S. The summed E-state index contributed by atoms with van der Waals surface area (Å²) in [7, 11) is 0. The normalized spacial score (nSPS) is 15.1. The first-order valence-electron chi connectivity index (χ1n) is 11.8. The van der Waals surface area contributed by atoms with Crippen LogP contribution in [0.15, 0.2) is 30.5 Å². The number of H-pyrrole nitrogens is 1. The number of hydrogen-bond acceptors (Lipinski definition) is 7. The lowest BCUT2D eigenvalue weighted by molar-refractivity contribution is -0.142. The van der Waals surface area contributed by atoms with Crippen molar-refractivity contribution in [1.82, 2.24) is 20.9 Å². The molecule has 0 spiro atoms. The second-order valence-corrected chi connectivity index (χ2v) is 9.15. The number of nitrogens with two attached hydrogens (primary N) is 1. The van der Waals surface area contributed by atoms with Crippen molar-refractivity contribution in [2.45, 2.75) is 57.3 Å². The van der Waals surface area contributed by atoms with Gasteiger partial charge < -0.3 is 36.9 Å². The third kappa shape index (κ3) is 8.22. The Morgan fingerprint density at radius 2 is 1.65 bits per heavy atom. The van der Waals surface area contributed by atoms with Gasteiger partial charge in [-0.1, -0.05) is 38.5 Å². The van der Waals surface area contributed by atoms with Crippen molar-refractivity contribution in [3.8, 4) is 0 Å². The first-order chi connectivity index (χ1) is 17.5. The van der Waals surface area contributed by atoms with Gasteiger partial charge in [-0.15, -0.1) is 0 Å². The van der Waals surface area contributed by atoms with Crippen molar-refractivity contribution in [3.05, 3.63) is 36.0 Å². The molecule has 37 heavy (non-hydrogen) atoms. The molecule has 0 aliphatic heterocycles. The van der Waals surface area contributed by atoms with E-state index in [2.05, 4.69) is 33.6 Å². The van der Waals surface area contributed by atoms with Crippen molar-refractivity contribution >= 4 is 53.2 Å². The van der Waals surface area contributed by atoms with E-state index in [1.165, 1.54) is 0 Å². The average molecular weight is 536 g/mol. The molecule has 0 aliphatic carbocycles. The number of benzene rings is 1. The van der Waals surface area contributed by atoms with Crippen LogP contribution < -0.4 is 21.7 Å². The molecule has 0 saturated heterocycles. The Labute approximate surface area is 219 Å². The van der Waals surface area contributed by atoms with Gasteiger partial charge in [0.05, 0.1) is 12.5 Å². The van der Waals surface area contributed by atoms with Gasteiger partial charge in [0.15, 0.2) is 0 Å².